The molecule has 216 valence electrons. The molecule has 3 heterocycles. The summed E-state index contributed by atoms with van der Waals surface area (Å²) in [5.74, 6) is -0.906. The Hall–Kier alpha value is -4.17. The first-order valence-corrected chi connectivity index (χ1v) is 15.2. The quantitative estimate of drug-likeness (QED) is 0.167. The van der Waals surface area contributed by atoms with Crippen molar-refractivity contribution in [2.45, 2.75) is 32.9 Å². The Kier molecular flexibility index (Phi) is 8.54. The number of ether oxygens (including phenoxy) is 2. The van der Waals surface area contributed by atoms with Gasteiger partial charge >= 0.3 is 6.09 Å². The molecule has 0 aliphatic carbocycles. The van der Waals surface area contributed by atoms with Crippen LogP contribution in [-0.4, -0.2) is 58.5 Å². The van der Waals surface area contributed by atoms with Gasteiger partial charge in [-0.25, -0.2) is 17.6 Å². The predicted octanol–water partition coefficient (Wildman–Crippen LogP) is 5.98. The molecular formula is C27H27FN4O7S2. The van der Waals surface area contributed by atoms with Crippen molar-refractivity contribution in [2.24, 2.45) is 0 Å². The van der Waals surface area contributed by atoms with E-state index in [1.165, 1.54) is 28.5 Å². The average molecular weight is 603 g/mol. The maximum absolute atomic E-state index is 14.4. The fourth-order valence-electron chi connectivity index (χ4n) is 3.65. The molecule has 1 aromatic carbocycles. The van der Waals surface area contributed by atoms with Crippen LogP contribution in [0, 0.1) is 15.9 Å². The maximum atomic E-state index is 14.4. The van der Waals surface area contributed by atoms with E-state index in [1.54, 1.807) is 51.2 Å². The topological polar surface area (TPSA) is 142 Å². The van der Waals surface area contributed by atoms with Crippen LogP contribution >= 0.6 is 11.3 Å². The van der Waals surface area contributed by atoms with Crippen molar-refractivity contribution in [3.05, 3.63) is 76.4 Å². The lowest BCUT2D eigenvalue weighted by atomic mass is 10.2. The Bertz CT molecular complexity index is 1700. The second-order valence-electron chi connectivity index (χ2n) is 10.2. The minimum Gasteiger partial charge on any atom is -0.453 e. The Balaban J connectivity index is 1.55. The summed E-state index contributed by atoms with van der Waals surface area (Å²) < 4.78 is 49.6. The van der Waals surface area contributed by atoms with Gasteiger partial charge in [0, 0.05) is 37.3 Å². The zero-order chi connectivity index (χ0) is 29.9. The summed E-state index contributed by atoms with van der Waals surface area (Å²) in [7, 11) is -3.30. The van der Waals surface area contributed by atoms with Gasteiger partial charge in [0.05, 0.1) is 44.1 Å². The number of pyridine rings is 2. The van der Waals surface area contributed by atoms with E-state index in [-0.39, 0.29) is 30.3 Å². The molecule has 0 saturated carbocycles. The van der Waals surface area contributed by atoms with Crippen LogP contribution in [0.1, 0.15) is 26.3 Å². The second-order valence-corrected chi connectivity index (χ2v) is 13.5. The highest BCUT2D eigenvalue weighted by molar-refractivity contribution is 7.90. The Morgan fingerprint density at radius 3 is 2.49 bits per heavy atom. The van der Waals surface area contributed by atoms with Gasteiger partial charge in [0.15, 0.2) is 11.6 Å². The summed E-state index contributed by atoms with van der Waals surface area (Å²) >= 11 is 1.32. The lowest BCUT2D eigenvalue weighted by Gasteiger charge is -2.27. The first-order chi connectivity index (χ1) is 19.2. The monoisotopic (exact) mass is 602 g/mol. The third-order valence-corrected chi connectivity index (χ3v) is 7.64. The number of aromatic nitrogens is 2. The molecule has 0 unspecified atom stereocenters. The van der Waals surface area contributed by atoms with Crippen LogP contribution in [0.2, 0.25) is 0 Å². The number of nitro groups is 1. The minimum absolute atomic E-state index is 0.0321. The standard InChI is InChI=1S/C27H27FN4O7S2/c1-27(2,3)39-26(33)31(11-12-41(4,36)37)16-17-5-7-20(30-15-17)24-14-21-25(40-24)23(9-10-29-21)38-22-8-6-18(32(34)35)13-19(22)28/h5-10,13-15H,11-12,16H2,1-4H3. The molecule has 41 heavy (non-hydrogen) atoms. The number of carbonyl (C=O) groups excluding carboxylic acids is 1. The van der Waals surface area contributed by atoms with E-state index in [2.05, 4.69) is 9.97 Å². The maximum Gasteiger partial charge on any atom is 0.410 e. The highest BCUT2D eigenvalue weighted by atomic mass is 32.2. The van der Waals surface area contributed by atoms with Crippen molar-refractivity contribution >= 4 is 43.2 Å². The van der Waals surface area contributed by atoms with E-state index in [9.17, 15) is 27.7 Å². The molecule has 0 fully saturated rings. The molecule has 0 saturated heterocycles. The van der Waals surface area contributed by atoms with E-state index in [0.717, 1.165) is 23.3 Å². The lowest BCUT2D eigenvalue weighted by molar-refractivity contribution is -0.385. The number of nitro benzene ring substituents is 1. The molecule has 4 rings (SSSR count). The first kappa shape index (κ1) is 29.8. The van der Waals surface area contributed by atoms with Crippen molar-refractivity contribution in [3.8, 4) is 22.1 Å². The largest absolute Gasteiger partial charge is 0.453 e. The highest BCUT2D eigenvalue weighted by Gasteiger charge is 2.24. The fraction of sp³-hybridized carbons (Fsp3) is 0.296. The highest BCUT2D eigenvalue weighted by Crippen LogP contribution is 2.39. The van der Waals surface area contributed by atoms with E-state index >= 15 is 0 Å². The normalized spacial score (nSPS) is 11.8. The number of rotatable bonds is 9. The van der Waals surface area contributed by atoms with Crippen LogP contribution < -0.4 is 4.74 Å². The van der Waals surface area contributed by atoms with Gasteiger partial charge < -0.3 is 14.4 Å². The Morgan fingerprint density at radius 2 is 1.88 bits per heavy atom. The molecule has 0 bridgehead atoms. The third-order valence-electron chi connectivity index (χ3n) is 5.56. The van der Waals surface area contributed by atoms with Gasteiger partial charge in [-0.05, 0) is 44.5 Å². The number of hydrogen-bond donors (Lipinski definition) is 0. The molecule has 11 nitrogen and oxygen atoms in total. The van der Waals surface area contributed by atoms with E-state index in [4.69, 9.17) is 9.47 Å². The molecule has 0 spiro atoms. The van der Waals surface area contributed by atoms with Crippen molar-refractivity contribution in [1.29, 1.82) is 0 Å². The predicted molar refractivity (Wildman–Crippen MR) is 152 cm³/mol. The second kappa shape index (κ2) is 11.7. The van der Waals surface area contributed by atoms with Crippen LogP contribution in [-0.2, 0) is 21.1 Å². The van der Waals surface area contributed by atoms with Crippen LogP contribution in [0.5, 0.6) is 11.5 Å². The van der Waals surface area contributed by atoms with Crippen molar-refractivity contribution in [3.63, 3.8) is 0 Å². The molecule has 0 N–H and O–H groups in total. The number of benzene rings is 1. The van der Waals surface area contributed by atoms with Gasteiger partial charge in [-0.2, -0.15) is 0 Å². The van der Waals surface area contributed by atoms with E-state index < -0.39 is 32.3 Å². The number of amides is 1. The van der Waals surface area contributed by atoms with Gasteiger partial charge in [0.1, 0.15) is 21.2 Å². The molecule has 14 heteroatoms. The summed E-state index contributed by atoms with van der Waals surface area (Å²) in [6, 6.07) is 10.1. The van der Waals surface area contributed by atoms with Gasteiger partial charge in [-0.15, -0.1) is 11.3 Å². The van der Waals surface area contributed by atoms with E-state index in [1.807, 2.05) is 0 Å². The Labute approximate surface area is 239 Å². The van der Waals surface area contributed by atoms with Crippen LogP contribution in [0.3, 0.4) is 0 Å². The Morgan fingerprint density at radius 1 is 1.12 bits per heavy atom. The summed E-state index contributed by atoms with van der Waals surface area (Å²) in [6.45, 7) is 5.26. The molecule has 0 radical (unpaired) electrons. The van der Waals surface area contributed by atoms with Crippen LogP contribution in [0.4, 0.5) is 14.9 Å². The lowest BCUT2D eigenvalue weighted by Crippen LogP contribution is -2.39. The summed E-state index contributed by atoms with van der Waals surface area (Å²) in [5.41, 5.74) is 0.749. The molecule has 0 aliphatic heterocycles. The van der Waals surface area contributed by atoms with Crippen LogP contribution in [0.25, 0.3) is 20.8 Å². The molecule has 1 amide bonds. The van der Waals surface area contributed by atoms with Crippen molar-refractivity contribution < 1.29 is 32.0 Å². The summed E-state index contributed by atoms with van der Waals surface area (Å²) in [5, 5.41) is 10.9. The third kappa shape index (κ3) is 7.95. The van der Waals surface area contributed by atoms with Gasteiger partial charge in [0.25, 0.3) is 5.69 Å². The van der Waals surface area contributed by atoms with Crippen molar-refractivity contribution in [1.82, 2.24) is 14.9 Å². The number of hydrogen-bond acceptors (Lipinski definition) is 10. The number of halogens is 1. The molecule has 0 atom stereocenters. The summed E-state index contributed by atoms with van der Waals surface area (Å²) in [4.78, 5) is 33.9. The summed E-state index contributed by atoms with van der Waals surface area (Å²) in [6.07, 6.45) is 3.58. The van der Waals surface area contributed by atoms with Crippen molar-refractivity contribution in [2.75, 3.05) is 18.6 Å². The number of thiophene rings is 1. The molecular weight excluding hydrogens is 575 g/mol. The number of nitrogens with zero attached hydrogens (tertiary/aromatic N) is 4. The smallest absolute Gasteiger partial charge is 0.410 e. The molecule has 0 aliphatic rings. The zero-order valence-electron chi connectivity index (χ0n) is 22.7. The number of fused-ring (bicyclic) bond motifs is 1. The van der Waals surface area contributed by atoms with Crippen LogP contribution in [0.15, 0.2) is 54.9 Å². The first-order valence-electron chi connectivity index (χ1n) is 12.3. The SMILES string of the molecule is CC(C)(C)OC(=O)N(CCS(C)(=O)=O)Cc1ccc(-c2cc3nccc(Oc4ccc([N+](=O)[O-])cc4F)c3s2)nc1. The number of non-ortho nitro benzene ring substituents is 1. The zero-order valence-corrected chi connectivity index (χ0v) is 24.3. The fourth-order valence-corrected chi connectivity index (χ4v) is 5.24. The molecule has 3 aromatic heterocycles. The average Bonchev–Trinajstić information content (AvgIpc) is 3.32. The van der Waals surface area contributed by atoms with E-state index in [0.29, 0.717) is 27.2 Å². The van der Waals surface area contributed by atoms with Gasteiger partial charge in [0.2, 0.25) is 0 Å². The number of sulfone groups is 1. The molecule has 4 aromatic rings. The van der Waals surface area contributed by atoms with Gasteiger partial charge in [-0.1, -0.05) is 6.07 Å². The number of carbonyl (C=O) groups is 1. The minimum atomic E-state index is -3.30. The van der Waals surface area contributed by atoms with Gasteiger partial charge in [-0.3, -0.25) is 20.1 Å².